The Balaban J connectivity index is 0.00000192. The first-order valence-electron chi connectivity index (χ1n) is 7.28. The van der Waals surface area contributed by atoms with E-state index >= 15 is 0 Å². The molecule has 0 aliphatic heterocycles. The van der Waals surface area contributed by atoms with Crippen molar-refractivity contribution in [2.45, 2.75) is 13.0 Å². The molecule has 120 valence electrons. The molecule has 0 aliphatic carbocycles. The first-order valence-corrected chi connectivity index (χ1v) is 7.28. The van der Waals surface area contributed by atoms with Crippen molar-refractivity contribution in [1.29, 1.82) is 0 Å². The molecule has 0 amide bonds. The summed E-state index contributed by atoms with van der Waals surface area (Å²) in [6, 6.07) is 15.3. The quantitative estimate of drug-likeness (QED) is 0.754. The predicted molar refractivity (Wildman–Crippen MR) is 94.4 cm³/mol. The summed E-state index contributed by atoms with van der Waals surface area (Å²) in [5.74, 6) is -0.900. The molecule has 3 aromatic rings. The van der Waals surface area contributed by atoms with E-state index in [1.54, 1.807) is 12.1 Å². The molecule has 4 nitrogen and oxygen atoms in total. The van der Waals surface area contributed by atoms with Crippen molar-refractivity contribution in [3.8, 4) is 0 Å². The van der Waals surface area contributed by atoms with Crippen molar-refractivity contribution in [2.24, 2.45) is 5.73 Å². The highest BCUT2D eigenvalue weighted by molar-refractivity contribution is 5.87. The first kappa shape index (κ1) is 17.1. The van der Waals surface area contributed by atoms with Gasteiger partial charge in [-0.15, -0.1) is 12.4 Å². The molecule has 3 N–H and O–H groups in total. The van der Waals surface area contributed by atoms with Crippen LogP contribution in [-0.4, -0.2) is 22.2 Å². The Morgan fingerprint density at radius 3 is 2.43 bits per heavy atom. The van der Waals surface area contributed by atoms with Crippen LogP contribution in [0.5, 0.6) is 0 Å². The highest BCUT2D eigenvalue weighted by Gasteiger charge is 2.08. The summed E-state index contributed by atoms with van der Waals surface area (Å²) in [6.45, 7) is 1.34. The van der Waals surface area contributed by atoms with Crippen LogP contribution in [0.2, 0.25) is 0 Å². The maximum atomic E-state index is 10.9. The number of fused-ring (bicyclic) bond motifs is 1. The number of halogens is 1. The number of carboxylic acids is 1. The van der Waals surface area contributed by atoms with Crippen molar-refractivity contribution in [3.63, 3.8) is 0 Å². The summed E-state index contributed by atoms with van der Waals surface area (Å²) >= 11 is 0. The summed E-state index contributed by atoms with van der Waals surface area (Å²) in [6.07, 6.45) is 2.99. The lowest BCUT2D eigenvalue weighted by Crippen LogP contribution is -2.02. The molecule has 0 saturated heterocycles. The third-order valence-electron chi connectivity index (χ3n) is 3.84. The van der Waals surface area contributed by atoms with E-state index in [1.807, 2.05) is 24.3 Å². The summed E-state index contributed by atoms with van der Waals surface area (Å²) in [5.41, 5.74) is 9.50. The molecule has 0 aliphatic rings. The zero-order valence-electron chi connectivity index (χ0n) is 12.6. The molecule has 0 saturated carbocycles. The van der Waals surface area contributed by atoms with E-state index in [2.05, 4.69) is 22.9 Å². The minimum absolute atomic E-state index is 0. The molecule has 0 radical (unpaired) electrons. The standard InChI is InChI=1S/C18H18N2O2.ClH/c19-10-9-15-12-20(17-4-2-1-3-16(15)17)11-13-5-7-14(8-6-13)18(21)22;/h1-8,12H,9-11,19H2,(H,21,22);1H. The molecular formula is C18H19ClN2O2. The van der Waals surface area contributed by atoms with Crippen molar-refractivity contribution >= 4 is 29.3 Å². The summed E-state index contributed by atoms with van der Waals surface area (Å²) in [7, 11) is 0. The van der Waals surface area contributed by atoms with Crippen LogP contribution >= 0.6 is 12.4 Å². The van der Waals surface area contributed by atoms with Gasteiger partial charge in [0.2, 0.25) is 0 Å². The van der Waals surface area contributed by atoms with Crippen molar-refractivity contribution in [1.82, 2.24) is 4.57 Å². The van der Waals surface area contributed by atoms with Gasteiger partial charge in [0, 0.05) is 23.6 Å². The molecule has 1 aromatic heterocycles. The molecule has 0 atom stereocenters. The number of carbonyl (C=O) groups is 1. The zero-order chi connectivity index (χ0) is 15.5. The van der Waals surface area contributed by atoms with Gasteiger partial charge in [-0.2, -0.15) is 0 Å². The summed E-state index contributed by atoms with van der Waals surface area (Å²) in [4.78, 5) is 10.9. The Morgan fingerprint density at radius 1 is 1.09 bits per heavy atom. The van der Waals surface area contributed by atoms with Gasteiger partial charge < -0.3 is 15.4 Å². The van der Waals surface area contributed by atoms with E-state index in [1.165, 1.54) is 16.5 Å². The molecular weight excluding hydrogens is 312 g/mol. The molecule has 3 rings (SSSR count). The van der Waals surface area contributed by atoms with Gasteiger partial charge in [0.15, 0.2) is 0 Å². The fraction of sp³-hybridized carbons (Fsp3) is 0.167. The number of benzene rings is 2. The van der Waals surface area contributed by atoms with Gasteiger partial charge in [-0.05, 0) is 42.3 Å². The lowest BCUT2D eigenvalue weighted by molar-refractivity contribution is 0.0697. The minimum Gasteiger partial charge on any atom is -0.478 e. The Morgan fingerprint density at radius 2 is 1.78 bits per heavy atom. The van der Waals surface area contributed by atoms with E-state index in [9.17, 15) is 4.79 Å². The number of rotatable bonds is 5. The number of aromatic nitrogens is 1. The molecule has 0 fully saturated rings. The van der Waals surface area contributed by atoms with E-state index < -0.39 is 5.97 Å². The number of hydrogen-bond donors (Lipinski definition) is 2. The lowest BCUT2D eigenvalue weighted by Gasteiger charge is -2.06. The van der Waals surface area contributed by atoms with Crippen LogP contribution in [0, 0.1) is 0 Å². The number of carboxylic acid groups (broad SMARTS) is 1. The van der Waals surface area contributed by atoms with E-state index in [-0.39, 0.29) is 12.4 Å². The Labute approximate surface area is 140 Å². The van der Waals surface area contributed by atoms with Crippen LogP contribution in [-0.2, 0) is 13.0 Å². The average molecular weight is 331 g/mol. The second kappa shape index (κ2) is 7.31. The van der Waals surface area contributed by atoms with E-state index in [0.29, 0.717) is 18.7 Å². The molecule has 23 heavy (non-hydrogen) atoms. The number of nitrogens with zero attached hydrogens (tertiary/aromatic N) is 1. The second-order valence-corrected chi connectivity index (χ2v) is 5.34. The maximum absolute atomic E-state index is 10.9. The van der Waals surface area contributed by atoms with Gasteiger partial charge in [0.1, 0.15) is 0 Å². The topological polar surface area (TPSA) is 68.2 Å². The van der Waals surface area contributed by atoms with Gasteiger partial charge in [0.25, 0.3) is 0 Å². The Bertz CT molecular complexity index is 810. The molecule has 0 bridgehead atoms. The molecule has 0 spiro atoms. The van der Waals surface area contributed by atoms with Crippen molar-refractivity contribution < 1.29 is 9.90 Å². The Hall–Kier alpha value is -2.30. The monoisotopic (exact) mass is 330 g/mol. The zero-order valence-corrected chi connectivity index (χ0v) is 13.4. The highest BCUT2D eigenvalue weighted by atomic mass is 35.5. The van der Waals surface area contributed by atoms with Gasteiger partial charge in [-0.3, -0.25) is 0 Å². The SMILES string of the molecule is Cl.NCCc1cn(Cc2ccc(C(=O)O)cc2)c2ccccc12. The number of nitrogens with two attached hydrogens (primary N) is 1. The average Bonchev–Trinajstić information content (AvgIpc) is 2.87. The number of hydrogen-bond acceptors (Lipinski definition) is 2. The van der Waals surface area contributed by atoms with Crippen LogP contribution in [0.1, 0.15) is 21.5 Å². The van der Waals surface area contributed by atoms with Crippen LogP contribution in [0.25, 0.3) is 10.9 Å². The highest BCUT2D eigenvalue weighted by Crippen LogP contribution is 2.22. The maximum Gasteiger partial charge on any atom is 0.335 e. The normalized spacial score (nSPS) is 10.5. The van der Waals surface area contributed by atoms with Gasteiger partial charge in [-0.1, -0.05) is 30.3 Å². The molecule has 5 heteroatoms. The predicted octanol–water partition coefficient (Wildman–Crippen LogP) is 3.31. The number of aromatic carboxylic acids is 1. The van der Waals surface area contributed by atoms with Crippen molar-refractivity contribution in [3.05, 3.63) is 71.4 Å². The van der Waals surface area contributed by atoms with Crippen LogP contribution in [0.15, 0.2) is 54.7 Å². The van der Waals surface area contributed by atoms with Gasteiger partial charge >= 0.3 is 5.97 Å². The van der Waals surface area contributed by atoms with Crippen LogP contribution in [0.4, 0.5) is 0 Å². The van der Waals surface area contributed by atoms with E-state index in [0.717, 1.165) is 12.0 Å². The Kier molecular flexibility index (Phi) is 5.42. The van der Waals surface area contributed by atoms with Crippen LogP contribution < -0.4 is 5.73 Å². The largest absolute Gasteiger partial charge is 0.478 e. The van der Waals surface area contributed by atoms with E-state index in [4.69, 9.17) is 10.8 Å². The third kappa shape index (κ3) is 3.55. The fourth-order valence-corrected chi connectivity index (χ4v) is 2.76. The minimum atomic E-state index is -0.900. The molecule has 2 aromatic carbocycles. The smallest absolute Gasteiger partial charge is 0.335 e. The molecule has 0 unspecified atom stereocenters. The molecule has 1 heterocycles. The summed E-state index contributed by atoms with van der Waals surface area (Å²) in [5, 5.41) is 10.2. The summed E-state index contributed by atoms with van der Waals surface area (Å²) < 4.78 is 2.19. The second-order valence-electron chi connectivity index (χ2n) is 5.34. The van der Waals surface area contributed by atoms with Gasteiger partial charge in [-0.25, -0.2) is 4.79 Å². The lowest BCUT2D eigenvalue weighted by atomic mass is 10.1. The van der Waals surface area contributed by atoms with Gasteiger partial charge in [0.05, 0.1) is 5.56 Å². The van der Waals surface area contributed by atoms with Crippen LogP contribution in [0.3, 0.4) is 0 Å². The number of para-hydroxylation sites is 1. The first-order chi connectivity index (χ1) is 10.7. The third-order valence-corrected chi connectivity index (χ3v) is 3.84. The van der Waals surface area contributed by atoms with Crippen molar-refractivity contribution in [2.75, 3.05) is 6.54 Å². The fourth-order valence-electron chi connectivity index (χ4n) is 2.76.